The van der Waals surface area contributed by atoms with E-state index in [1.807, 2.05) is 0 Å². The van der Waals surface area contributed by atoms with Crippen molar-refractivity contribution in [2.45, 2.75) is 51.6 Å². The van der Waals surface area contributed by atoms with Crippen LogP contribution in [-0.4, -0.2) is 9.52 Å². The Bertz CT molecular complexity index is 2080. The van der Waals surface area contributed by atoms with E-state index in [2.05, 4.69) is 173 Å². The van der Waals surface area contributed by atoms with E-state index in [-0.39, 0.29) is 0 Å². The van der Waals surface area contributed by atoms with Crippen molar-refractivity contribution in [2.75, 3.05) is 0 Å². The molecule has 2 aliphatic carbocycles. The van der Waals surface area contributed by atoms with Crippen molar-refractivity contribution in [2.24, 2.45) is 0 Å². The molecular formula is C48H42Si. The molecule has 0 saturated carbocycles. The second-order valence-electron chi connectivity index (χ2n) is 13.9. The van der Waals surface area contributed by atoms with Gasteiger partial charge >= 0.3 is 0 Å². The van der Waals surface area contributed by atoms with Gasteiger partial charge in [0.1, 0.15) is 0 Å². The molecule has 6 aromatic rings. The highest BCUT2D eigenvalue weighted by Gasteiger charge is 2.29. The minimum absolute atomic E-state index is 0.480. The summed E-state index contributed by atoms with van der Waals surface area (Å²) in [6.45, 7) is 9.26. The lowest BCUT2D eigenvalue weighted by Gasteiger charge is -2.21. The van der Waals surface area contributed by atoms with Crippen LogP contribution in [0, 0.1) is 13.8 Å². The van der Waals surface area contributed by atoms with E-state index in [1.165, 1.54) is 101 Å². The van der Waals surface area contributed by atoms with Gasteiger partial charge in [-0.1, -0.05) is 169 Å². The van der Waals surface area contributed by atoms with Gasteiger partial charge in [0.2, 0.25) is 0 Å². The zero-order valence-corrected chi connectivity index (χ0v) is 29.9. The van der Waals surface area contributed by atoms with Crippen LogP contribution in [0.2, 0.25) is 12.1 Å². The maximum absolute atomic E-state index is 2.49. The summed E-state index contributed by atoms with van der Waals surface area (Å²) in [5.74, 6) is 0.959. The first kappa shape index (κ1) is 31.3. The highest BCUT2D eigenvalue weighted by Crippen LogP contribution is 2.49. The zero-order chi connectivity index (χ0) is 33.5. The predicted molar refractivity (Wildman–Crippen MR) is 212 cm³/mol. The van der Waals surface area contributed by atoms with Gasteiger partial charge in [0.15, 0.2) is 0 Å². The van der Waals surface area contributed by atoms with Crippen LogP contribution in [0.4, 0.5) is 0 Å². The van der Waals surface area contributed by atoms with Crippen LogP contribution in [0.3, 0.4) is 0 Å². The molecule has 49 heavy (non-hydrogen) atoms. The highest BCUT2D eigenvalue weighted by atomic mass is 28.2. The number of hydrogen-bond donors (Lipinski definition) is 0. The number of aryl methyl sites for hydroxylation is 2. The van der Waals surface area contributed by atoms with Gasteiger partial charge in [-0.25, -0.2) is 0 Å². The summed E-state index contributed by atoms with van der Waals surface area (Å²) in [6, 6.07) is 51.5. The summed E-state index contributed by atoms with van der Waals surface area (Å²) in [7, 11) is 0.886. The van der Waals surface area contributed by atoms with E-state index in [9.17, 15) is 0 Å². The predicted octanol–water partition coefficient (Wildman–Crippen LogP) is 13.2. The third-order valence-electron chi connectivity index (χ3n) is 10.8. The first-order valence-electron chi connectivity index (χ1n) is 17.6. The van der Waals surface area contributed by atoms with Crippen molar-refractivity contribution in [3.8, 4) is 44.5 Å². The van der Waals surface area contributed by atoms with E-state index < -0.39 is 0 Å². The lowest BCUT2D eigenvalue weighted by molar-refractivity contribution is 0.875. The minimum Gasteiger partial charge on any atom is -0.0655 e. The molecule has 238 valence electrons. The summed E-state index contributed by atoms with van der Waals surface area (Å²) >= 11 is 0. The molecule has 8 rings (SSSR count). The number of rotatable bonds is 8. The van der Waals surface area contributed by atoms with Crippen LogP contribution < -0.4 is 0 Å². The third kappa shape index (κ3) is 5.67. The molecule has 6 aromatic carbocycles. The Morgan fingerprint density at radius 2 is 0.776 bits per heavy atom. The number of benzene rings is 6. The average molecular weight is 647 g/mol. The molecule has 0 aliphatic heterocycles. The molecule has 1 heteroatoms. The fourth-order valence-corrected chi connectivity index (χ4v) is 10.2. The summed E-state index contributed by atoms with van der Waals surface area (Å²) < 4.78 is 0. The molecule has 2 atom stereocenters. The zero-order valence-electron chi connectivity index (χ0n) is 28.9. The van der Waals surface area contributed by atoms with Crippen LogP contribution in [0.15, 0.2) is 145 Å². The number of fused-ring (bicyclic) bond motifs is 2. The Morgan fingerprint density at radius 3 is 1.18 bits per heavy atom. The molecule has 0 saturated heterocycles. The van der Waals surface area contributed by atoms with Gasteiger partial charge < -0.3 is 0 Å². The fourth-order valence-electron chi connectivity index (χ4n) is 8.33. The van der Waals surface area contributed by atoms with Gasteiger partial charge in [-0.05, 0) is 106 Å². The van der Waals surface area contributed by atoms with Gasteiger partial charge in [-0.15, -0.1) is 0 Å². The van der Waals surface area contributed by atoms with E-state index >= 15 is 0 Å². The van der Waals surface area contributed by atoms with Crippen LogP contribution in [-0.2, 0) is 0 Å². The van der Waals surface area contributed by atoms with E-state index in [4.69, 9.17) is 0 Å². The minimum atomic E-state index is 0.480. The monoisotopic (exact) mass is 646 g/mol. The van der Waals surface area contributed by atoms with Crippen molar-refractivity contribution in [1.82, 2.24) is 0 Å². The topological polar surface area (TPSA) is 0 Å². The van der Waals surface area contributed by atoms with Crippen molar-refractivity contribution in [3.05, 3.63) is 178 Å². The molecule has 0 fully saturated rings. The largest absolute Gasteiger partial charge is 0.0655 e. The van der Waals surface area contributed by atoms with Crippen LogP contribution >= 0.6 is 0 Å². The molecule has 2 radical (unpaired) electrons. The van der Waals surface area contributed by atoms with Crippen LogP contribution in [0.1, 0.15) is 59.1 Å². The molecular weight excluding hydrogens is 605 g/mol. The van der Waals surface area contributed by atoms with Crippen molar-refractivity contribution < 1.29 is 0 Å². The lowest BCUT2D eigenvalue weighted by Crippen LogP contribution is -2.07. The SMILES string of the molecule is CC1=Cc2c(ccc(C)c2-c2ccccc2-c2ccccc2)C1C[Si]CC1C(C)=Cc2c1ccc(C)c2-c1ccccc1-c1ccccc1. The third-order valence-corrected chi connectivity index (χ3v) is 12.2. The summed E-state index contributed by atoms with van der Waals surface area (Å²) in [4.78, 5) is 0. The average Bonchev–Trinajstić information content (AvgIpc) is 3.63. The van der Waals surface area contributed by atoms with E-state index in [1.54, 1.807) is 0 Å². The maximum atomic E-state index is 2.49. The lowest BCUT2D eigenvalue weighted by atomic mass is 9.86. The van der Waals surface area contributed by atoms with Crippen molar-refractivity contribution in [3.63, 3.8) is 0 Å². The number of hydrogen-bond acceptors (Lipinski definition) is 0. The van der Waals surface area contributed by atoms with Crippen LogP contribution in [0.25, 0.3) is 56.7 Å². The van der Waals surface area contributed by atoms with Crippen molar-refractivity contribution in [1.29, 1.82) is 0 Å². The Morgan fingerprint density at radius 1 is 0.408 bits per heavy atom. The molecule has 0 spiro atoms. The molecule has 0 N–H and O–H groups in total. The Kier molecular flexibility index (Phi) is 8.39. The van der Waals surface area contributed by atoms with Crippen molar-refractivity contribution >= 4 is 21.7 Å². The van der Waals surface area contributed by atoms with E-state index in [0.717, 1.165) is 9.52 Å². The van der Waals surface area contributed by atoms with Gasteiger partial charge in [-0.2, -0.15) is 0 Å². The molecule has 0 bridgehead atoms. The molecule has 2 unspecified atom stereocenters. The second kappa shape index (κ2) is 13.1. The van der Waals surface area contributed by atoms with Gasteiger partial charge in [0.05, 0.1) is 0 Å². The Labute approximate surface area is 294 Å². The first-order valence-corrected chi connectivity index (χ1v) is 19.0. The molecule has 0 aromatic heterocycles. The summed E-state index contributed by atoms with van der Waals surface area (Å²) in [5.41, 5.74) is 22.2. The second-order valence-corrected chi connectivity index (χ2v) is 15.2. The smallest absolute Gasteiger partial charge is 0.0397 e. The molecule has 0 nitrogen and oxygen atoms in total. The maximum Gasteiger partial charge on any atom is 0.0397 e. The Balaban J connectivity index is 1.07. The molecule has 0 amide bonds. The molecule has 0 heterocycles. The van der Waals surface area contributed by atoms with Gasteiger partial charge in [0.25, 0.3) is 0 Å². The quantitative estimate of drug-likeness (QED) is 0.144. The van der Waals surface area contributed by atoms with E-state index in [0.29, 0.717) is 11.8 Å². The summed E-state index contributed by atoms with van der Waals surface area (Å²) in [6.07, 6.45) is 4.98. The normalized spacial score (nSPS) is 16.2. The molecule has 2 aliphatic rings. The Hall–Kier alpha value is -4.98. The number of allylic oxidation sites excluding steroid dienone is 2. The summed E-state index contributed by atoms with van der Waals surface area (Å²) in [5, 5.41) is 0. The highest BCUT2D eigenvalue weighted by molar-refractivity contribution is 6.36. The first-order chi connectivity index (χ1) is 24.0. The van der Waals surface area contributed by atoms with Gasteiger partial charge in [-0.3, -0.25) is 0 Å². The standard InChI is InChI=1S/C48H42Si/c1-31-23-25-39-43(47(31)41-21-13-11-19-37(41)35-15-7-5-8-16-35)27-33(3)45(39)29-49-30-46-34(4)28-44-40(46)26-24-32(2)48(44)42-22-14-12-20-38(42)36-17-9-6-10-18-36/h5-28,45-46H,29-30H2,1-4H3. The fraction of sp³-hybridized carbons (Fsp3) is 0.167. The van der Waals surface area contributed by atoms with Gasteiger partial charge in [0, 0.05) is 21.4 Å². The van der Waals surface area contributed by atoms with Crippen LogP contribution in [0.5, 0.6) is 0 Å².